The highest BCUT2D eigenvalue weighted by atomic mass is 16.7. The van der Waals surface area contributed by atoms with Gasteiger partial charge in [0.2, 0.25) is 0 Å². The minimum absolute atomic E-state index is 0.0240. The Bertz CT molecular complexity index is 2720. The summed E-state index contributed by atoms with van der Waals surface area (Å²) in [6.45, 7) is -0.861. The average Bonchev–Trinajstić information content (AvgIpc) is 3.35. The van der Waals surface area contributed by atoms with Crippen molar-refractivity contribution < 1.29 is 58.6 Å². The van der Waals surface area contributed by atoms with E-state index in [-0.39, 0.29) is 76.2 Å². The topological polar surface area (TPSA) is 296 Å². The van der Waals surface area contributed by atoms with Crippen LogP contribution in [-0.2, 0) is 19.8 Å². The van der Waals surface area contributed by atoms with Gasteiger partial charge in [0.1, 0.15) is 53.6 Å². The van der Waals surface area contributed by atoms with Crippen LogP contribution in [-0.4, -0.2) is 109 Å². The molecule has 0 radical (unpaired) electrons. The molecule has 0 saturated heterocycles. The van der Waals surface area contributed by atoms with Crippen molar-refractivity contribution in [1.82, 2.24) is 35.0 Å². The summed E-state index contributed by atoms with van der Waals surface area (Å²) in [4.78, 5) is 134. The van der Waals surface area contributed by atoms with Gasteiger partial charge in [-0.05, 0) is 53.1 Å². The summed E-state index contributed by atoms with van der Waals surface area (Å²) in [5.41, 5.74) is -4.29. The van der Waals surface area contributed by atoms with Gasteiger partial charge in [-0.15, -0.1) is 14.2 Å². The van der Waals surface area contributed by atoms with Crippen molar-refractivity contribution in [2.75, 3.05) is 39.3 Å². The molecule has 0 aliphatic heterocycles. The summed E-state index contributed by atoms with van der Waals surface area (Å²) in [6, 6.07) is 32.1. The van der Waals surface area contributed by atoms with Crippen LogP contribution in [0.15, 0.2) is 142 Å². The molecule has 3 aromatic carbocycles. The third-order valence-electron chi connectivity index (χ3n) is 10.3. The predicted molar refractivity (Wildman–Crippen MR) is 247 cm³/mol. The molecule has 6 N–H and O–H groups in total. The molecule has 22 heteroatoms. The molecule has 3 heterocycles. The lowest BCUT2D eigenvalue weighted by molar-refractivity contribution is 0.0630. The first-order valence-electron chi connectivity index (χ1n) is 21.3. The fourth-order valence-electron chi connectivity index (χ4n) is 6.67. The summed E-state index contributed by atoms with van der Waals surface area (Å²) in [5, 5.41) is 36.7. The third-order valence-corrected chi connectivity index (χ3v) is 10.3. The molecule has 6 rings (SSSR count). The summed E-state index contributed by atoms with van der Waals surface area (Å²) >= 11 is 0. The van der Waals surface area contributed by atoms with Crippen molar-refractivity contribution in [2.45, 2.75) is 19.8 Å². The zero-order valence-corrected chi connectivity index (χ0v) is 37.0. The summed E-state index contributed by atoms with van der Waals surface area (Å²) in [6.07, 6.45) is 0. The molecule has 0 spiro atoms. The van der Waals surface area contributed by atoms with Crippen molar-refractivity contribution in [1.29, 1.82) is 0 Å². The normalized spacial score (nSPS) is 10.8. The van der Waals surface area contributed by atoms with Gasteiger partial charge < -0.3 is 45.8 Å². The Labute approximate surface area is 396 Å². The van der Waals surface area contributed by atoms with Crippen LogP contribution in [0, 0.1) is 0 Å². The summed E-state index contributed by atoms with van der Waals surface area (Å²) in [5.74, 6) is -7.07. The van der Waals surface area contributed by atoms with Gasteiger partial charge in [0.25, 0.3) is 34.4 Å². The maximum absolute atomic E-state index is 13.6. The number of amides is 3. The van der Waals surface area contributed by atoms with Gasteiger partial charge >= 0.3 is 17.9 Å². The highest BCUT2D eigenvalue weighted by Crippen LogP contribution is 2.07. The smallest absolute Gasteiger partial charge is 0.341 e. The second kappa shape index (κ2) is 23.9. The molecule has 3 amide bonds. The molecule has 0 fully saturated rings. The molecule has 362 valence electrons. The van der Waals surface area contributed by atoms with Crippen molar-refractivity contribution in [3.8, 4) is 0 Å². The van der Waals surface area contributed by atoms with E-state index in [9.17, 15) is 58.5 Å². The number of hydrogen-bond acceptors (Lipinski definition) is 13. The zero-order chi connectivity index (χ0) is 50.2. The first-order chi connectivity index (χ1) is 33.7. The van der Waals surface area contributed by atoms with Crippen LogP contribution in [0.25, 0.3) is 0 Å². The maximum Gasteiger partial charge on any atom is 0.341 e. The quantitative estimate of drug-likeness (QED) is 0.0494. The standard InChI is InChI=1S/C48H45N7O15/c56-40(37-19-16-34(46(62)63)43(59)53(37)68-28-31-10-4-1-5-11-31)49-22-25-52(26-23-50-41(57)38-20-17-35(47(64)65)44(60)54(38)69-29-32-12-6-2-7-13-32)27-24-51-42(58)39-21-18-36(48(66)67)45(61)55(39)70-30-33-14-8-3-9-15-33/h1-21H,22-30H2,(H,49,56)(H,50,57)(H,51,58)(H,62,63)(H,64,65)(H,66,67). The van der Waals surface area contributed by atoms with Crippen LogP contribution < -0.4 is 47.1 Å². The molecule has 22 nitrogen and oxygen atoms in total. The molecule has 0 bridgehead atoms. The second-order valence-electron chi connectivity index (χ2n) is 15.0. The fourth-order valence-corrected chi connectivity index (χ4v) is 6.67. The molecule has 0 saturated carbocycles. The molecular formula is C48H45N7O15. The van der Waals surface area contributed by atoms with E-state index in [4.69, 9.17) is 14.5 Å². The Hall–Kier alpha value is -9.31. The largest absolute Gasteiger partial charge is 0.477 e. The van der Waals surface area contributed by atoms with E-state index in [1.807, 2.05) is 0 Å². The van der Waals surface area contributed by atoms with Gasteiger partial charge in [-0.1, -0.05) is 91.0 Å². The first kappa shape index (κ1) is 50.1. The molecule has 3 aromatic heterocycles. The van der Waals surface area contributed by atoms with Crippen LogP contribution in [0.1, 0.15) is 79.2 Å². The highest BCUT2D eigenvalue weighted by Gasteiger charge is 2.23. The van der Waals surface area contributed by atoms with Gasteiger partial charge in [-0.2, -0.15) is 0 Å². The van der Waals surface area contributed by atoms with Gasteiger partial charge in [-0.25, -0.2) is 14.4 Å². The number of carboxylic acid groups (broad SMARTS) is 3. The summed E-state index contributed by atoms with van der Waals surface area (Å²) < 4.78 is 1.77. The number of nitrogens with one attached hydrogen (secondary N) is 3. The van der Waals surface area contributed by atoms with Gasteiger partial charge in [0, 0.05) is 39.3 Å². The number of nitrogens with zero attached hydrogens (tertiary/aromatic N) is 4. The Morgan fingerprint density at radius 3 is 0.900 bits per heavy atom. The number of carbonyl (C=O) groups excluding carboxylic acids is 3. The van der Waals surface area contributed by atoms with Crippen molar-refractivity contribution in [3.05, 3.63) is 209 Å². The molecule has 0 aliphatic carbocycles. The van der Waals surface area contributed by atoms with Crippen molar-refractivity contribution in [3.63, 3.8) is 0 Å². The van der Waals surface area contributed by atoms with E-state index in [1.54, 1.807) is 95.9 Å². The van der Waals surface area contributed by atoms with E-state index >= 15 is 0 Å². The average molecular weight is 960 g/mol. The number of aromatic carboxylic acids is 3. The molecule has 70 heavy (non-hydrogen) atoms. The van der Waals surface area contributed by atoms with Crippen LogP contribution in [0.3, 0.4) is 0 Å². The van der Waals surface area contributed by atoms with E-state index in [0.29, 0.717) is 30.9 Å². The second-order valence-corrected chi connectivity index (χ2v) is 15.0. The van der Waals surface area contributed by atoms with E-state index in [0.717, 1.165) is 36.4 Å². The third kappa shape index (κ3) is 13.0. The van der Waals surface area contributed by atoms with Gasteiger partial charge in [-0.3, -0.25) is 33.7 Å². The lowest BCUT2D eigenvalue weighted by Gasteiger charge is -2.23. The first-order valence-corrected chi connectivity index (χ1v) is 21.3. The Kier molecular flexibility index (Phi) is 17.1. The number of aromatic nitrogens is 3. The molecule has 0 aliphatic rings. The fraction of sp³-hybridized carbons (Fsp3) is 0.188. The minimum atomic E-state index is -1.54. The van der Waals surface area contributed by atoms with Crippen LogP contribution >= 0.6 is 0 Å². The Morgan fingerprint density at radius 2 is 0.657 bits per heavy atom. The molecular weight excluding hydrogens is 915 g/mol. The van der Waals surface area contributed by atoms with Gasteiger partial charge in [0.05, 0.1) is 0 Å². The van der Waals surface area contributed by atoms with Crippen LogP contribution in [0.4, 0.5) is 0 Å². The van der Waals surface area contributed by atoms with Crippen molar-refractivity contribution >= 4 is 35.6 Å². The SMILES string of the molecule is O=C(O)c1ccc(C(=O)NCCN(CCNC(=O)c2ccc(C(=O)O)c(=O)n2OCc2ccccc2)CCNC(=O)c2ccc(C(=O)O)c(=O)n2OCc2ccccc2)n(OCc2ccccc2)c1=O. The summed E-state index contributed by atoms with van der Waals surface area (Å²) in [7, 11) is 0. The number of rotatable bonds is 24. The lowest BCUT2D eigenvalue weighted by Crippen LogP contribution is -2.45. The van der Waals surface area contributed by atoms with Crippen LogP contribution in [0.5, 0.6) is 0 Å². The van der Waals surface area contributed by atoms with Crippen molar-refractivity contribution in [2.24, 2.45) is 0 Å². The maximum atomic E-state index is 13.6. The van der Waals surface area contributed by atoms with E-state index in [1.165, 1.54) is 0 Å². The predicted octanol–water partition coefficient (Wildman–Crippen LogP) is 1.04. The molecule has 0 unspecified atom stereocenters. The monoisotopic (exact) mass is 959 g/mol. The number of carboxylic acids is 3. The highest BCUT2D eigenvalue weighted by molar-refractivity contribution is 5.95. The number of benzene rings is 3. The number of carbonyl (C=O) groups is 6. The minimum Gasteiger partial charge on any atom is -0.477 e. The Morgan fingerprint density at radius 1 is 0.400 bits per heavy atom. The Balaban J connectivity index is 1.18. The van der Waals surface area contributed by atoms with E-state index < -0.39 is 69.0 Å². The molecule has 0 atom stereocenters. The zero-order valence-electron chi connectivity index (χ0n) is 37.0. The number of hydrogen-bond donors (Lipinski definition) is 6. The van der Waals surface area contributed by atoms with Gasteiger partial charge in [0.15, 0.2) is 0 Å². The lowest BCUT2D eigenvalue weighted by atomic mass is 10.2. The van der Waals surface area contributed by atoms with Crippen LogP contribution in [0.2, 0.25) is 0 Å². The van der Waals surface area contributed by atoms with E-state index in [2.05, 4.69) is 16.0 Å². The molecule has 6 aromatic rings. The number of pyridine rings is 3.